The van der Waals surface area contributed by atoms with Crippen LogP contribution in [0.25, 0.3) is 0 Å². The lowest BCUT2D eigenvalue weighted by Gasteiger charge is -2.20. The third-order valence-corrected chi connectivity index (χ3v) is 3.71. The van der Waals surface area contributed by atoms with Gasteiger partial charge < -0.3 is 15.0 Å². The van der Waals surface area contributed by atoms with E-state index in [0.29, 0.717) is 18.0 Å². The number of rotatable bonds is 4. The summed E-state index contributed by atoms with van der Waals surface area (Å²) < 4.78 is 5.54. The summed E-state index contributed by atoms with van der Waals surface area (Å²) in [6.07, 6.45) is 0.778. The molecule has 2 aromatic rings. The highest BCUT2D eigenvalue weighted by Gasteiger charge is 2.27. The van der Waals surface area contributed by atoms with Crippen molar-refractivity contribution in [1.82, 2.24) is 0 Å². The van der Waals surface area contributed by atoms with Gasteiger partial charge in [0, 0.05) is 13.5 Å². The second kappa shape index (κ2) is 6.52. The summed E-state index contributed by atoms with van der Waals surface area (Å²) in [6, 6.07) is 14.9. The summed E-state index contributed by atoms with van der Waals surface area (Å²) in [4.78, 5) is 25.6. The lowest BCUT2D eigenvalue weighted by atomic mass is 10.1. The van der Waals surface area contributed by atoms with Gasteiger partial charge in [0.2, 0.25) is 5.91 Å². The first-order chi connectivity index (χ1) is 11.1. The number of hydrogen-bond acceptors (Lipinski definition) is 3. The molecule has 0 atom stereocenters. The van der Waals surface area contributed by atoms with Gasteiger partial charge in [-0.1, -0.05) is 30.3 Å². The molecule has 0 saturated heterocycles. The van der Waals surface area contributed by atoms with E-state index in [4.69, 9.17) is 4.74 Å². The number of anilines is 2. The monoisotopic (exact) mass is 310 g/mol. The number of ether oxygens (including phenoxy) is 1. The minimum Gasteiger partial charge on any atom is -0.484 e. The molecular weight excluding hydrogens is 292 g/mol. The van der Waals surface area contributed by atoms with Gasteiger partial charge in [-0.25, -0.2) is 0 Å². The van der Waals surface area contributed by atoms with Crippen LogP contribution >= 0.6 is 0 Å². The maximum atomic E-state index is 12.5. The third kappa shape index (κ3) is 3.34. The zero-order valence-electron chi connectivity index (χ0n) is 12.9. The number of para-hydroxylation sites is 2. The molecule has 118 valence electrons. The topological polar surface area (TPSA) is 58.6 Å². The Kier molecular flexibility index (Phi) is 4.28. The van der Waals surface area contributed by atoms with Gasteiger partial charge >= 0.3 is 0 Å². The number of carbonyl (C=O) groups excluding carboxylic acids is 2. The fraction of sp³-hybridized carbons (Fsp3) is 0.222. The molecule has 0 saturated carbocycles. The first-order valence-electron chi connectivity index (χ1n) is 7.53. The van der Waals surface area contributed by atoms with E-state index in [0.717, 1.165) is 17.7 Å². The maximum absolute atomic E-state index is 12.5. The van der Waals surface area contributed by atoms with E-state index in [-0.39, 0.29) is 18.4 Å². The first kappa shape index (κ1) is 15.1. The maximum Gasteiger partial charge on any atom is 0.264 e. The Labute approximate surface area is 134 Å². The molecule has 1 N–H and O–H groups in total. The molecule has 2 amide bonds. The molecule has 0 spiro atoms. The van der Waals surface area contributed by atoms with Gasteiger partial charge in [-0.2, -0.15) is 0 Å². The summed E-state index contributed by atoms with van der Waals surface area (Å²) in [5.41, 5.74) is 2.51. The van der Waals surface area contributed by atoms with Gasteiger partial charge in [-0.3, -0.25) is 9.59 Å². The summed E-state index contributed by atoms with van der Waals surface area (Å²) in [5, 5.41) is 2.79. The molecule has 5 heteroatoms. The molecule has 1 aliphatic rings. The van der Waals surface area contributed by atoms with Crippen molar-refractivity contribution in [3.8, 4) is 5.75 Å². The predicted octanol–water partition coefficient (Wildman–Crippen LogP) is 2.61. The van der Waals surface area contributed by atoms with Gasteiger partial charge in [0.25, 0.3) is 5.91 Å². The van der Waals surface area contributed by atoms with Crippen LogP contribution in [0.3, 0.4) is 0 Å². The number of benzene rings is 2. The highest BCUT2D eigenvalue weighted by molar-refractivity contribution is 6.03. The quantitative estimate of drug-likeness (QED) is 0.944. The van der Waals surface area contributed by atoms with Gasteiger partial charge in [-0.05, 0) is 30.2 Å². The van der Waals surface area contributed by atoms with Crippen LogP contribution in [0.1, 0.15) is 12.5 Å². The second-order valence-electron chi connectivity index (χ2n) is 5.39. The van der Waals surface area contributed by atoms with Crippen molar-refractivity contribution in [2.45, 2.75) is 13.3 Å². The van der Waals surface area contributed by atoms with Crippen molar-refractivity contribution in [2.24, 2.45) is 0 Å². The summed E-state index contributed by atoms with van der Waals surface area (Å²) in [7, 11) is 0. The van der Waals surface area contributed by atoms with E-state index in [9.17, 15) is 9.59 Å². The van der Waals surface area contributed by atoms with Crippen molar-refractivity contribution in [3.05, 3.63) is 54.1 Å². The van der Waals surface area contributed by atoms with Gasteiger partial charge in [0.15, 0.2) is 6.61 Å². The van der Waals surface area contributed by atoms with Crippen LogP contribution in [0, 0.1) is 0 Å². The zero-order chi connectivity index (χ0) is 16.2. The molecule has 0 fully saturated rings. The molecule has 0 unspecified atom stereocenters. The Morgan fingerprint density at radius 3 is 2.65 bits per heavy atom. The number of carbonyl (C=O) groups is 2. The summed E-state index contributed by atoms with van der Waals surface area (Å²) in [6.45, 7) is 2.03. The molecule has 23 heavy (non-hydrogen) atoms. The van der Waals surface area contributed by atoms with Crippen molar-refractivity contribution < 1.29 is 14.3 Å². The number of hydrogen-bond donors (Lipinski definition) is 1. The average molecular weight is 310 g/mol. The van der Waals surface area contributed by atoms with E-state index in [2.05, 4.69) is 5.32 Å². The van der Waals surface area contributed by atoms with Crippen molar-refractivity contribution in [3.63, 3.8) is 0 Å². The average Bonchev–Trinajstić information content (AvgIpc) is 2.98. The zero-order valence-corrected chi connectivity index (χ0v) is 12.9. The third-order valence-electron chi connectivity index (χ3n) is 3.71. The Morgan fingerprint density at radius 2 is 1.91 bits per heavy atom. The van der Waals surface area contributed by atoms with E-state index >= 15 is 0 Å². The van der Waals surface area contributed by atoms with Gasteiger partial charge in [-0.15, -0.1) is 0 Å². The normalized spacial score (nSPS) is 12.7. The Bertz CT molecular complexity index is 728. The van der Waals surface area contributed by atoms with E-state index in [1.165, 1.54) is 6.92 Å². The Morgan fingerprint density at radius 1 is 1.13 bits per heavy atom. The molecular formula is C18H18N2O3. The number of fused-ring (bicyclic) bond motifs is 1. The Hall–Kier alpha value is -2.82. The lowest BCUT2D eigenvalue weighted by Crippen LogP contribution is -2.34. The van der Waals surface area contributed by atoms with Crippen LogP contribution in [0.4, 0.5) is 11.4 Å². The molecule has 0 aliphatic carbocycles. The molecule has 2 aromatic carbocycles. The lowest BCUT2D eigenvalue weighted by molar-refractivity contribution is -0.120. The van der Waals surface area contributed by atoms with Crippen LogP contribution in [0.5, 0.6) is 5.75 Å². The summed E-state index contributed by atoms with van der Waals surface area (Å²) in [5.74, 6) is 0.388. The minimum atomic E-state index is -0.154. The van der Waals surface area contributed by atoms with Gasteiger partial charge in [0.05, 0.1) is 11.4 Å². The van der Waals surface area contributed by atoms with Gasteiger partial charge in [0.1, 0.15) is 5.75 Å². The smallest absolute Gasteiger partial charge is 0.264 e. The summed E-state index contributed by atoms with van der Waals surface area (Å²) >= 11 is 0. The van der Waals surface area contributed by atoms with Crippen molar-refractivity contribution in [1.29, 1.82) is 0 Å². The standard InChI is InChI=1S/C18H18N2O3/c1-13(21)19-16-9-5-6-14-10-11-20(18(14)16)17(22)12-23-15-7-3-2-4-8-15/h2-9H,10-12H2,1H3,(H,19,21). The van der Waals surface area contributed by atoms with Crippen LogP contribution in [-0.2, 0) is 16.0 Å². The van der Waals surface area contributed by atoms with Crippen LogP contribution in [-0.4, -0.2) is 25.0 Å². The first-order valence-corrected chi connectivity index (χ1v) is 7.53. The SMILES string of the molecule is CC(=O)Nc1cccc2c1N(C(=O)COc1ccccc1)CC2. The highest BCUT2D eigenvalue weighted by atomic mass is 16.5. The van der Waals surface area contributed by atoms with Crippen LogP contribution in [0.15, 0.2) is 48.5 Å². The van der Waals surface area contributed by atoms with Crippen molar-refractivity contribution in [2.75, 3.05) is 23.4 Å². The minimum absolute atomic E-state index is 0.0299. The van der Waals surface area contributed by atoms with E-state index in [1.54, 1.807) is 4.90 Å². The molecule has 1 aliphatic heterocycles. The number of amides is 2. The molecule has 0 radical (unpaired) electrons. The largest absolute Gasteiger partial charge is 0.484 e. The fourth-order valence-corrected chi connectivity index (χ4v) is 2.74. The fourth-order valence-electron chi connectivity index (χ4n) is 2.74. The molecule has 0 aromatic heterocycles. The molecule has 3 rings (SSSR count). The predicted molar refractivity (Wildman–Crippen MR) is 88.7 cm³/mol. The van der Waals surface area contributed by atoms with E-state index < -0.39 is 0 Å². The molecule has 5 nitrogen and oxygen atoms in total. The van der Waals surface area contributed by atoms with Crippen LogP contribution < -0.4 is 15.0 Å². The second-order valence-corrected chi connectivity index (χ2v) is 5.39. The number of nitrogens with zero attached hydrogens (tertiary/aromatic N) is 1. The van der Waals surface area contributed by atoms with Crippen LogP contribution in [0.2, 0.25) is 0 Å². The molecule has 1 heterocycles. The van der Waals surface area contributed by atoms with Crippen molar-refractivity contribution >= 4 is 23.2 Å². The molecule has 0 bridgehead atoms. The number of nitrogens with one attached hydrogen (secondary N) is 1. The Balaban J connectivity index is 1.76. The van der Waals surface area contributed by atoms with E-state index in [1.807, 2.05) is 48.5 Å². The highest BCUT2D eigenvalue weighted by Crippen LogP contribution is 2.35.